The monoisotopic (exact) mass is 261 g/mol. The Bertz CT molecular complexity index is 350. The number of hydrogen-bond acceptors (Lipinski definition) is 3. The van der Waals surface area contributed by atoms with E-state index in [1.165, 1.54) is 0 Å². The molecular formula is C11H23N3O2S. The molecule has 0 saturated carbocycles. The molecule has 1 N–H and O–H groups in total. The van der Waals surface area contributed by atoms with Crippen molar-refractivity contribution in [3.63, 3.8) is 0 Å². The Morgan fingerprint density at radius 1 is 1.06 bits per heavy atom. The van der Waals surface area contributed by atoms with Crippen molar-refractivity contribution in [1.29, 1.82) is 0 Å². The van der Waals surface area contributed by atoms with Gasteiger partial charge < -0.3 is 5.32 Å². The van der Waals surface area contributed by atoms with E-state index in [0.717, 1.165) is 19.4 Å². The number of nitrogens with zero attached hydrogens (tertiary/aromatic N) is 2. The number of piperazine rings is 1. The van der Waals surface area contributed by atoms with Gasteiger partial charge in [-0.15, -0.1) is 0 Å². The second-order valence-electron chi connectivity index (χ2n) is 5.30. The number of nitrogens with one attached hydrogen (secondary N) is 1. The predicted molar refractivity (Wildman–Crippen MR) is 67.9 cm³/mol. The Balaban J connectivity index is 2.02. The summed E-state index contributed by atoms with van der Waals surface area (Å²) in [7, 11) is -3.21. The molecule has 1 unspecified atom stereocenters. The van der Waals surface area contributed by atoms with Crippen LogP contribution in [0.3, 0.4) is 0 Å². The maximum atomic E-state index is 12.4. The molecule has 0 aromatic carbocycles. The highest BCUT2D eigenvalue weighted by molar-refractivity contribution is 7.86. The summed E-state index contributed by atoms with van der Waals surface area (Å²) in [4.78, 5) is 0. The first-order valence-electron chi connectivity index (χ1n) is 6.49. The first kappa shape index (κ1) is 13.3. The van der Waals surface area contributed by atoms with Crippen LogP contribution in [0.15, 0.2) is 0 Å². The van der Waals surface area contributed by atoms with E-state index in [9.17, 15) is 8.42 Å². The molecule has 0 radical (unpaired) electrons. The molecule has 0 amide bonds. The van der Waals surface area contributed by atoms with Gasteiger partial charge in [0.15, 0.2) is 0 Å². The third-order valence-corrected chi connectivity index (χ3v) is 5.73. The molecule has 100 valence electrons. The van der Waals surface area contributed by atoms with Gasteiger partial charge in [0, 0.05) is 38.8 Å². The van der Waals surface area contributed by atoms with Gasteiger partial charge in [-0.05, 0) is 25.7 Å². The van der Waals surface area contributed by atoms with Crippen molar-refractivity contribution in [2.75, 3.05) is 32.7 Å². The van der Waals surface area contributed by atoms with Gasteiger partial charge in [-0.2, -0.15) is 17.0 Å². The molecule has 0 aromatic rings. The fraction of sp³-hybridized carbons (Fsp3) is 1.00. The topological polar surface area (TPSA) is 52.7 Å². The normalized spacial score (nSPS) is 30.6. The van der Waals surface area contributed by atoms with Crippen molar-refractivity contribution in [1.82, 2.24) is 13.9 Å². The first-order chi connectivity index (χ1) is 8.00. The molecular weight excluding hydrogens is 238 g/mol. The van der Waals surface area contributed by atoms with Gasteiger partial charge in [-0.3, -0.25) is 0 Å². The molecule has 2 aliphatic heterocycles. The third-order valence-electron chi connectivity index (χ3n) is 3.73. The fourth-order valence-electron chi connectivity index (χ4n) is 2.49. The molecule has 1 atom stereocenters. The van der Waals surface area contributed by atoms with Crippen molar-refractivity contribution in [3.05, 3.63) is 0 Å². The van der Waals surface area contributed by atoms with Gasteiger partial charge >= 0.3 is 0 Å². The maximum Gasteiger partial charge on any atom is 0.282 e. The van der Waals surface area contributed by atoms with E-state index < -0.39 is 10.2 Å². The number of rotatable bonds is 2. The Hall–Kier alpha value is -0.170. The molecule has 2 heterocycles. The zero-order valence-electron chi connectivity index (χ0n) is 10.7. The molecule has 2 fully saturated rings. The van der Waals surface area contributed by atoms with Gasteiger partial charge in [0.05, 0.1) is 0 Å². The van der Waals surface area contributed by atoms with E-state index in [-0.39, 0.29) is 6.04 Å². The highest BCUT2D eigenvalue weighted by Gasteiger charge is 2.33. The third kappa shape index (κ3) is 2.99. The minimum atomic E-state index is -3.21. The van der Waals surface area contributed by atoms with Crippen molar-refractivity contribution in [3.8, 4) is 0 Å². The molecule has 2 aliphatic rings. The molecule has 17 heavy (non-hydrogen) atoms. The average Bonchev–Trinajstić information content (AvgIpc) is 2.29. The number of hydrogen-bond donors (Lipinski definition) is 1. The van der Waals surface area contributed by atoms with Gasteiger partial charge in [-0.25, -0.2) is 0 Å². The Morgan fingerprint density at radius 2 is 1.71 bits per heavy atom. The highest BCUT2D eigenvalue weighted by atomic mass is 32.2. The summed E-state index contributed by atoms with van der Waals surface area (Å²) in [5, 5.41) is 3.27. The summed E-state index contributed by atoms with van der Waals surface area (Å²) < 4.78 is 28.1. The standard InChI is InChI=1S/C11H23N3O2S/c1-10-3-6-13(7-4-10)17(15,16)14-8-5-12-11(2)9-14/h10-12H,3-9H2,1-2H3. The van der Waals surface area contributed by atoms with E-state index in [4.69, 9.17) is 0 Å². The molecule has 0 aliphatic carbocycles. The summed E-state index contributed by atoms with van der Waals surface area (Å²) >= 11 is 0. The SMILES string of the molecule is CC1CCN(S(=O)(=O)N2CCNC(C)C2)CC1. The lowest BCUT2D eigenvalue weighted by Crippen LogP contribution is -2.56. The summed E-state index contributed by atoms with van der Waals surface area (Å²) in [5.41, 5.74) is 0. The average molecular weight is 261 g/mol. The van der Waals surface area contributed by atoms with Crippen LogP contribution in [0.5, 0.6) is 0 Å². The summed E-state index contributed by atoms with van der Waals surface area (Å²) in [6, 6.07) is 0.252. The van der Waals surface area contributed by atoms with Crippen molar-refractivity contribution < 1.29 is 8.42 Å². The summed E-state index contributed by atoms with van der Waals surface area (Å²) in [6.45, 7) is 7.53. The Kier molecular flexibility index (Phi) is 4.07. The van der Waals surface area contributed by atoms with E-state index in [0.29, 0.717) is 32.1 Å². The van der Waals surface area contributed by atoms with Crippen molar-refractivity contribution in [2.45, 2.75) is 32.7 Å². The fourth-order valence-corrected chi connectivity index (χ4v) is 4.22. The van der Waals surface area contributed by atoms with E-state index >= 15 is 0 Å². The first-order valence-corrected chi connectivity index (χ1v) is 7.88. The predicted octanol–water partition coefficient (Wildman–Crippen LogP) is 0.257. The zero-order chi connectivity index (χ0) is 12.5. The van der Waals surface area contributed by atoms with Crippen LogP contribution in [0.4, 0.5) is 0 Å². The van der Waals surface area contributed by atoms with Crippen LogP contribution >= 0.6 is 0 Å². The lowest BCUT2D eigenvalue weighted by Gasteiger charge is -2.37. The summed E-state index contributed by atoms with van der Waals surface area (Å²) in [5.74, 6) is 0.656. The van der Waals surface area contributed by atoms with E-state index in [1.807, 2.05) is 6.92 Å². The molecule has 5 nitrogen and oxygen atoms in total. The molecule has 6 heteroatoms. The quantitative estimate of drug-likeness (QED) is 0.775. The second kappa shape index (κ2) is 5.22. The van der Waals surface area contributed by atoms with Crippen LogP contribution in [-0.4, -0.2) is 55.8 Å². The molecule has 0 aromatic heterocycles. The van der Waals surface area contributed by atoms with Crippen LogP contribution < -0.4 is 5.32 Å². The molecule has 0 spiro atoms. The smallest absolute Gasteiger partial charge is 0.282 e. The zero-order valence-corrected chi connectivity index (χ0v) is 11.5. The minimum absolute atomic E-state index is 0.252. The molecule has 2 saturated heterocycles. The van der Waals surface area contributed by atoms with Crippen LogP contribution in [-0.2, 0) is 10.2 Å². The van der Waals surface area contributed by atoms with E-state index in [1.54, 1.807) is 8.61 Å². The number of piperidine rings is 1. The molecule has 0 bridgehead atoms. The van der Waals surface area contributed by atoms with Gasteiger partial charge in [0.25, 0.3) is 10.2 Å². The molecule has 2 rings (SSSR count). The van der Waals surface area contributed by atoms with Crippen LogP contribution in [0.25, 0.3) is 0 Å². The largest absolute Gasteiger partial charge is 0.312 e. The van der Waals surface area contributed by atoms with Gasteiger partial charge in [-0.1, -0.05) is 6.92 Å². The van der Waals surface area contributed by atoms with Crippen LogP contribution in [0, 0.1) is 5.92 Å². The lowest BCUT2D eigenvalue weighted by molar-refractivity contribution is 0.244. The minimum Gasteiger partial charge on any atom is -0.312 e. The van der Waals surface area contributed by atoms with Crippen molar-refractivity contribution >= 4 is 10.2 Å². The Labute approximate surface area is 104 Å². The van der Waals surface area contributed by atoms with Crippen molar-refractivity contribution in [2.24, 2.45) is 5.92 Å². The highest BCUT2D eigenvalue weighted by Crippen LogP contribution is 2.21. The van der Waals surface area contributed by atoms with E-state index in [2.05, 4.69) is 12.2 Å². The Morgan fingerprint density at radius 3 is 2.29 bits per heavy atom. The van der Waals surface area contributed by atoms with Gasteiger partial charge in [0.2, 0.25) is 0 Å². The van der Waals surface area contributed by atoms with Crippen LogP contribution in [0.1, 0.15) is 26.7 Å². The maximum absolute atomic E-state index is 12.4. The second-order valence-corrected chi connectivity index (χ2v) is 7.23. The summed E-state index contributed by atoms with van der Waals surface area (Å²) in [6.07, 6.45) is 1.97. The lowest BCUT2D eigenvalue weighted by atomic mass is 10.0. The van der Waals surface area contributed by atoms with Gasteiger partial charge in [0.1, 0.15) is 0 Å². The van der Waals surface area contributed by atoms with Crippen LogP contribution in [0.2, 0.25) is 0 Å².